The van der Waals surface area contributed by atoms with E-state index in [1.54, 1.807) is 0 Å². The molecule has 0 aliphatic carbocycles. The maximum absolute atomic E-state index is 12.9. The molecule has 3 rings (SSSR count). The van der Waals surface area contributed by atoms with Crippen molar-refractivity contribution in [2.45, 2.75) is 23.4 Å². The summed E-state index contributed by atoms with van der Waals surface area (Å²) in [6.45, 7) is 1.53. The number of nitrogens with zero attached hydrogens (tertiary/aromatic N) is 5. The minimum absolute atomic E-state index is 0. The summed E-state index contributed by atoms with van der Waals surface area (Å²) in [5.74, 6) is -0.361. The summed E-state index contributed by atoms with van der Waals surface area (Å²) in [6, 6.07) is 6.35. The molecule has 0 radical (unpaired) electrons. The number of carbonyl (C=O) groups excluding carboxylic acids is 1. The topological polar surface area (TPSA) is 131 Å². The highest BCUT2D eigenvalue weighted by atomic mass is 35.5. The maximum atomic E-state index is 12.9. The van der Waals surface area contributed by atoms with Gasteiger partial charge in [0.05, 0.1) is 16.5 Å². The van der Waals surface area contributed by atoms with E-state index in [-0.39, 0.29) is 24.3 Å². The van der Waals surface area contributed by atoms with Crippen LogP contribution in [0, 0.1) is 11.3 Å². The van der Waals surface area contributed by atoms with Gasteiger partial charge in [-0.15, -0.1) is 0 Å². The molecule has 2 aromatic heterocycles. The first-order valence-electron chi connectivity index (χ1n) is 8.63. The molecule has 1 N–H and O–H groups in total. The lowest BCUT2D eigenvalue weighted by Gasteiger charge is -2.15. The molecule has 0 saturated heterocycles. The zero-order chi connectivity index (χ0) is 23.7. The smallest absolute Gasteiger partial charge is 0.342 e. The van der Waals surface area contributed by atoms with Crippen LogP contribution in [0.2, 0.25) is 5.02 Å². The Balaban J connectivity index is 0.00000385. The summed E-state index contributed by atoms with van der Waals surface area (Å²) < 4.78 is 63.2. The highest BCUT2D eigenvalue weighted by Crippen LogP contribution is 2.32. The lowest BCUT2D eigenvalue weighted by molar-refractivity contribution is -0.0436. The molecule has 0 aliphatic heterocycles. The molecule has 1 atom stereocenters. The van der Waals surface area contributed by atoms with Crippen molar-refractivity contribution >= 4 is 40.8 Å². The summed E-state index contributed by atoms with van der Waals surface area (Å²) in [7, 11) is -5.70. The van der Waals surface area contributed by atoms with E-state index in [1.165, 1.54) is 36.3 Å². The van der Waals surface area contributed by atoms with Crippen LogP contribution in [0.4, 0.5) is 13.2 Å². The van der Waals surface area contributed by atoms with Gasteiger partial charge in [-0.2, -0.15) is 41.7 Å². The molecule has 15 heteroatoms. The van der Waals surface area contributed by atoms with Crippen LogP contribution >= 0.6 is 25.1 Å². The third-order valence-electron chi connectivity index (χ3n) is 4.15. The van der Waals surface area contributed by atoms with Gasteiger partial charge >= 0.3 is 5.51 Å². The average Bonchev–Trinajstić information content (AvgIpc) is 3.22. The summed E-state index contributed by atoms with van der Waals surface area (Å²) in [5, 5.41) is 15.0. The Morgan fingerprint density at radius 1 is 1.24 bits per heavy atom. The van der Waals surface area contributed by atoms with Crippen LogP contribution < -0.4 is 5.32 Å². The SMILES string of the molecule is C[C@@H](NC(=O)c1cc(Cl)cc(S(=O)(=O)C(F)(F)F)c1)c1ncnn1-c1ccc(C#N)cn1.S. The highest BCUT2D eigenvalue weighted by Gasteiger charge is 2.47. The van der Waals surface area contributed by atoms with Crippen molar-refractivity contribution in [1.29, 1.82) is 5.26 Å². The molecule has 33 heavy (non-hydrogen) atoms. The van der Waals surface area contributed by atoms with E-state index >= 15 is 0 Å². The Morgan fingerprint density at radius 2 is 1.94 bits per heavy atom. The van der Waals surface area contributed by atoms with Crippen LogP contribution in [0.25, 0.3) is 5.82 Å². The predicted molar refractivity (Wildman–Crippen MR) is 115 cm³/mol. The van der Waals surface area contributed by atoms with Gasteiger partial charge in [0.15, 0.2) is 11.6 Å². The molecule has 0 aliphatic rings. The fraction of sp³-hybridized carbons (Fsp3) is 0.167. The average molecular weight is 519 g/mol. The Labute approximate surface area is 197 Å². The molecule has 2 heterocycles. The standard InChI is InChI=1S/C18H12ClF3N6O3S.H2S/c1-10(16-25-9-26-28(16)15-3-2-11(7-23)8-24-15)27-17(29)12-4-13(19)6-14(5-12)32(30,31)18(20,21)22;/h2-6,8-10H,1H3,(H,27,29);1H2/t10-;/m1./s1. The Hall–Kier alpha value is -3.15. The normalized spacial score (nSPS) is 12.4. The molecule has 1 aromatic carbocycles. The van der Waals surface area contributed by atoms with Crippen LogP contribution in [0.5, 0.6) is 0 Å². The molecule has 174 valence electrons. The van der Waals surface area contributed by atoms with E-state index in [1.807, 2.05) is 6.07 Å². The first kappa shape index (κ1) is 26.1. The van der Waals surface area contributed by atoms with E-state index in [0.717, 1.165) is 6.07 Å². The van der Waals surface area contributed by atoms with E-state index in [2.05, 4.69) is 20.4 Å². The number of benzene rings is 1. The number of aromatic nitrogens is 4. The second kappa shape index (κ2) is 9.77. The Bertz CT molecular complexity index is 1320. The lowest BCUT2D eigenvalue weighted by Crippen LogP contribution is -2.29. The fourth-order valence-electron chi connectivity index (χ4n) is 2.63. The van der Waals surface area contributed by atoms with Gasteiger partial charge in [0.2, 0.25) is 0 Å². The molecule has 1 amide bonds. The Kier molecular flexibility index (Phi) is 7.73. The van der Waals surface area contributed by atoms with Gasteiger partial charge in [-0.05, 0) is 37.3 Å². The van der Waals surface area contributed by atoms with Crippen LogP contribution in [0.15, 0.2) is 47.8 Å². The van der Waals surface area contributed by atoms with Crippen molar-refractivity contribution < 1.29 is 26.4 Å². The number of nitrogens with one attached hydrogen (secondary N) is 1. The van der Waals surface area contributed by atoms with Crippen LogP contribution in [-0.2, 0) is 9.84 Å². The zero-order valence-electron chi connectivity index (χ0n) is 16.5. The number of rotatable bonds is 5. The number of hydrogen-bond acceptors (Lipinski definition) is 7. The third-order valence-corrected chi connectivity index (χ3v) is 5.84. The summed E-state index contributed by atoms with van der Waals surface area (Å²) >= 11 is 5.75. The number of sulfone groups is 1. The molecule has 0 fully saturated rings. The van der Waals surface area contributed by atoms with Crippen LogP contribution in [0.3, 0.4) is 0 Å². The second-order valence-corrected chi connectivity index (χ2v) is 8.74. The van der Waals surface area contributed by atoms with E-state index < -0.39 is 37.8 Å². The zero-order valence-corrected chi connectivity index (χ0v) is 19.1. The van der Waals surface area contributed by atoms with Gasteiger partial charge in [0.25, 0.3) is 15.7 Å². The van der Waals surface area contributed by atoms with E-state index in [4.69, 9.17) is 16.9 Å². The van der Waals surface area contributed by atoms with E-state index in [0.29, 0.717) is 23.5 Å². The summed E-state index contributed by atoms with van der Waals surface area (Å²) in [6.07, 6.45) is 2.52. The number of nitriles is 1. The molecular weight excluding hydrogens is 505 g/mol. The van der Waals surface area contributed by atoms with Gasteiger partial charge in [0, 0.05) is 16.8 Å². The van der Waals surface area contributed by atoms with Gasteiger partial charge in [-0.1, -0.05) is 11.6 Å². The van der Waals surface area contributed by atoms with Gasteiger partial charge in [-0.25, -0.2) is 18.4 Å². The lowest BCUT2D eigenvalue weighted by atomic mass is 10.2. The number of amides is 1. The highest BCUT2D eigenvalue weighted by molar-refractivity contribution is 7.92. The molecule has 9 nitrogen and oxygen atoms in total. The largest absolute Gasteiger partial charge is 0.501 e. The van der Waals surface area contributed by atoms with Gasteiger partial charge < -0.3 is 5.32 Å². The number of hydrogen-bond donors (Lipinski definition) is 1. The fourth-order valence-corrected chi connectivity index (χ4v) is 3.76. The Morgan fingerprint density at radius 3 is 2.52 bits per heavy atom. The molecular formula is C18H14ClF3N6O3S2. The number of carbonyl (C=O) groups is 1. The molecule has 0 spiro atoms. The third kappa shape index (κ3) is 5.44. The summed E-state index contributed by atoms with van der Waals surface area (Å²) in [4.78, 5) is 19.6. The second-order valence-electron chi connectivity index (χ2n) is 6.37. The minimum Gasteiger partial charge on any atom is -0.342 e. The van der Waals surface area contributed by atoms with Gasteiger partial charge in [-0.3, -0.25) is 4.79 Å². The number of pyridine rings is 1. The quantitative estimate of drug-likeness (QED) is 0.549. The van der Waals surface area contributed by atoms with E-state index in [9.17, 15) is 26.4 Å². The van der Waals surface area contributed by atoms with Crippen molar-refractivity contribution in [2.24, 2.45) is 0 Å². The molecule has 0 unspecified atom stereocenters. The predicted octanol–water partition coefficient (Wildman–Crippen LogP) is 3.08. The van der Waals surface area contributed by atoms with Crippen molar-refractivity contribution in [3.8, 4) is 11.9 Å². The molecule has 0 bridgehead atoms. The van der Waals surface area contributed by atoms with Crippen LogP contribution in [0.1, 0.15) is 34.7 Å². The monoisotopic (exact) mass is 518 g/mol. The summed E-state index contributed by atoms with van der Waals surface area (Å²) in [5.41, 5.74) is -5.62. The van der Waals surface area contributed by atoms with Crippen molar-refractivity contribution in [3.05, 3.63) is 64.8 Å². The minimum atomic E-state index is -5.70. The van der Waals surface area contributed by atoms with Crippen LogP contribution in [-0.4, -0.2) is 39.6 Å². The number of alkyl halides is 3. The maximum Gasteiger partial charge on any atom is 0.501 e. The first-order valence-corrected chi connectivity index (χ1v) is 10.5. The van der Waals surface area contributed by atoms with Crippen molar-refractivity contribution in [2.75, 3.05) is 0 Å². The first-order chi connectivity index (χ1) is 14.9. The van der Waals surface area contributed by atoms with Gasteiger partial charge in [0.1, 0.15) is 12.4 Å². The molecule has 0 saturated carbocycles. The van der Waals surface area contributed by atoms with Crippen molar-refractivity contribution in [3.63, 3.8) is 0 Å². The van der Waals surface area contributed by atoms with Crippen molar-refractivity contribution in [1.82, 2.24) is 25.1 Å². The number of halogens is 4. The molecule has 3 aromatic rings.